The summed E-state index contributed by atoms with van der Waals surface area (Å²) in [5, 5.41) is 25.5. The van der Waals surface area contributed by atoms with E-state index >= 15 is 0 Å². The summed E-state index contributed by atoms with van der Waals surface area (Å²) < 4.78 is 10.9. The number of carboxylic acid groups (broad SMARTS) is 1. The van der Waals surface area contributed by atoms with Gasteiger partial charge in [-0.15, -0.1) is 10.2 Å². The van der Waals surface area contributed by atoms with Crippen LogP contribution >= 0.6 is 0 Å². The minimum absolute atomic E-state index is 0.0471. The van der Waals surface area contributed by atoms with Gasteiger partial charge in [0.15, 0.2) is 11.5 Å². The number of anilines is 3. The molecule has 31 heavy (non-hydrogen) atoms. The highest BCUT2D eigenvalue weighted by Gasteiger charge is 2.28. The van der Waals surface area contributed by atoms with Crippen LogP contribution in [0.4, 0.5) is 22.1 Å². The molecule has 0 unspecified atom stereocenters. The topological polar surface area (TPSA) is 174 Å². The van der Waals surface area contributed by atoms with Crippen molar-refractivity contribution in [3.05, 3.63) is 30.0 Å². The minimum Gasteiger partial charge on any atom is -0.475 e. The fourth-order valence-corrected chi connectivity index (χ4v) is 3.07. The summed E-state index contributed by atoms with van der Waals surface area (Å²) in [6.45, 7) is 4.48. The van der Waals surface area contributed by atoms with E-state index < -0.39 is 18.0 Å². The molecule has 0 spiro atoms. The molecule has 3 heterocycles. The smallest absolute Gasteiger partial charge is 0.405 e. The highest BCUT2D eigenvalue weighted by molar-refractivity contribution is 5.97. The average Bonchev–Trinajstić information content (AvgIpc) is 2.69. The predicted molar refractivity (Wildman–Crippen MR) is 112 cm³/mol. The standard InChI is InChI=1S/C19H25N7O5/c1-10(2)31-16-5-3-4-14(24-16)22-12-8-15(25-26-17(12)18(20)27)21-11-6-7-30-9-13(11)23-19(28)29/h3-5,8,10-11,13,23H,6-7,9H2,1-2H3,(H2,20,27)(H,28,29)(H2,21,22,24,25)/t11-,13+/m1/s1. The maximum Gasteiger partial charge on any atom is 0.405 e. The number of hydrogen-bond acceptors (Lipinski definition) is 9. The van der Waals surface area contributed by atoms with Gasteiger partial charge in [0.25, 0.3) is 5.91 Å². The van der Waals surface area contributed by atoms with Crippen LogP contribution in [0.5, 0.6) is 5.88 Å². The van der Waals surface area contributed by atoms with Gasteiger partial charge in [-0.1, -0.05) is 6.07 Å². The Labute approximate surface area is 178 Å². The first-order valence-electron chi connectivity index (χ1n) is 9.74. The van der Waals surface area contributed by atoms with E-state index in [0.29, 0.717) is 36.2 Å². The molecule has 1 aliphatic rings. The summed E-state index contributed by atoms with van der Waals surface area (Å²) in [5.41, 5.74) is 5.68. The lowest BCUT2D eigenvalue weighted by atomic mass is 10.0. The number of rotatable bonds is 8. The zero-order valence-corrected chi connectivity index (χ0v) is 17.2. The van der Waals surface area contributed by atoms with Crippen molar-refractivity contribution in [1.29, 1.82) is 0 Å². The lowest BCUT2D eigenvalue weighted by Crippen LogP contribution is -2.52. The highest BCUT2D eigenvalue weighted by atomic mass is 16.5. The molecule has 0 aliphatic carbocycles. The zero-order chi connectivity index (χ0) is 22.4. The van der Waals surface area contributed by atoms with E-state index in [1.807, 2.05) is 13.8 Å². The van der Waals surface area contributed by atoms with E-state index in [4.69, 9.17) is 20.3 Å². The van der Waals surface area contributed by atoms with E-state index in [9.17, 15) is 9.59 Å². The number of hydrogen-bond donors (Lipinski definition) is 5. The molecule has 0 bridgehead atoms. The van der Waals surface area contributed by atoms with Crippen molar-refractivity contribution in [3.8, 4) is 5.88 Å². The summed E-state index contributed by atoms with van der Waals surface area (Å²) in [7, 11) is 0. The van der Waals surface area contributed by atoms with Gasteiger partial charge in [0.05, 0.1) is 30.5 Å². The van der Waals surface area contributed by atoms with Crippen molar-refractivity contribution in [2.75, 3.05) is 23.8 Å². The van der Waals surface area contributed by atoms with Crippen LogP contribution in [-0.2, 0) is 4.74 Å². The number of amides is 2. The van der Waals surface area contributed by atoms with Crippen LogP contribution in [0, 0.1) is 0 Å². The lowest BCUT2D eigenvalue weighted by molar-refractivity contribution is 0.0625. The van der Waals surface area contributed by atoms with Crippen molar-refractivity contribution >= 4 is 29.3 Å². The number of carbonyl (C=O) groups excluding carboxylic acids is 1. The van der Waals surface area contributed by atoms with Crippen LogP contribution in [0.25, 0.3) is 0 Å². The van der Waals surface area contributed by atoms with Crippen LogP contribution in [0.1, 0.15) is 30.8 Å². The Kier molecular flexibility index (Phi) is 7.03. The van der Waals surface area contributed by atoms with E-state index in [1.54, 1.807) is 24.3 Å². The third-order valence-electron chi connectivity index (χ3n) is 4.37. The normalized spacial score (nSPS) is 18.3. The molecule has 1 fully saturated rings. The summed E-state index contributed by atoms with van der Waals surface area (Å²) in [6.07, 6.45) is -0.633. The predicted octanol–water partition coefficient (Wildman–Crippen LogP) is 1.34. The third-order valence-corrected chi connectivity index (χ3v) is 4.37. The molecule has 0 saturated carbocycles. The molecule has 12 heteroatoms. The van der Waals surface area contributed by atoms with Crippen LogP contribution < -0.4 is 26.4 Å². The summed E-state index contributed by atoms with van der Waals surface area (Å²) in [6, 6.07) is 6.02. The molecule has 0 aromatic carbocycles. The van der Waals surface area contributed by atoms with Gasteiger partial charge in [-0.3, -0.25) is 4.79 Å². The van der Waals surface area contributed by atoms with Gasteiger partial charge in [-0.25, -0.2) is 4.79 Å². The summed E-state index contributed by atoms with van der Waals surface area (Å²) in [5.74, 6) is 0.431. The molecule has 0 radical (unpaired) electrons. The van der Waals surface area contributed by atoms with Gasteiger partial charge >= 0.3 is 6.09 Å². The van der Waals surface area contributed by atoms with Gasteiger partial charge in [0.2, 0.25) is 5.88 Å². The Morgan fingerprint density at radius 2 is 2.06 bits per heavy atom. The van der Waals surface area contributed by atoms with E-state index in [1.165, 1.54) is 0 Å². The first kappa shape index (κ1) is 22.0. The van der Waals surface area contributed by atoms with Crippen molar-refractivity contribution in [1.82, 2.24) is 20.5 Å². The monoisotopic (exact) mass is 431 g/mol. The maximum atomic E-state index is 11.8. The molecule has 1 saturated heterocycles. The third kappa shape index (κ3) is 6.15. The van der Waals surface area contributed by atoms with Crippen molar-refractivity contribution in [2.24, 2.45) is 5.73 Å². The molecule has 2 atom stereocenters. The Bertz CT molecular complexity index is 940. The summed E-state index contributed by atoms with van der Waals surface area (Å²) in [4.78, 5) is 27.2. The molecule has 3 rings (SSSR count). The Morgan fingerprint density at radius 3 is 2.77 bits per heavy atom. The minimum atomic E-state index is -1.14. The maximum absolute atomic E-state index is 11.8. The summed E-state index contributed by atoms with van der Waals surface area (Å²) >= 11 is 0. The number of nitrogens with one attached hydrogen (secondary N) is 3. The molecule has 12 nitrogen and oxygen atoms in total. The number of aromatic nitrogens is 3. The van der Waals surface area contributed by atoms with E-state index in [-0.39, 0.29) is 24.4 Å². The molecule has 166 valence electrons. The van der Waals surface area contributed by atoms with Crippen LogP contribution in [0.2, 0.25) is 0 Å². The fraction of sp³-hybridized carbons (Fsp3) is 0.421. The number of ether oxygens (including phenoxy) is 2. The first-order valence-corrected chi connectivity index (χ1v) is 9.74. The van der Waals surface area contributed by atoms with Crippen molar-refractivity contribution in [2.45, 2.75) is 38.5 Å². The first-order chi connectivity index (χ1) is 14.8. The average molecular weight is 431 g/mol. The molecule has 2 amide bonds. The lowest BCUT2D eigenvalue weighted by Gasteiger charge is -2.32. The molecule has 2 aromatic heterocycles. The second-order valence-corrected chi connectivity index (χ2v) is 7.18. The van der Waals surface area contributed by atoms with Crippen molar-refractivity contribution < 1.29 is 24.2 Å². The fourth-order valence-electron chi connectivity index (χ4n) is 3.07. The Morgan fingerprint density at radius 1 is 1.26 bits per heavy atom. The number of primary amides is 1. The van der Waals surface area contributed by atoms with Crippen LogP contribution in [-0.4, -0.2) is 63.7 Å². The highest BCUT2D eigenvalue weighted by Crippen LogP contribution is 2.23. The number of nitrogens with two attached hydrogens (primary N) is 1. The quantitative estimate of drug-likeness (QED) is 0.410. The molecular weight excluding hydrogens is 406 g/mol. The number of nitrogens with zero attached hydrogens (tertiary/aromatic N) is 3. The second-order valence-electron chi connectivity index (χ2n) is 7.18. The SMILES string of the molecule is CC(C)Oc1cccc(Nc2cc(N[C@@H]3CCOC[C@@H]3NC(=O)O)nnc2C(N)=O)n1. The van der Waals surface area contributed by atoms with Crippen molar-refractivity contribution in [3.63, 3.8) is 0 Å². The van der Waals surface area contributed by atoms with Crippen LogP contribution in [0.15, 0.2) is 24.3 Å². The van der Waals surface area contributed by atoms with Crippen LogP contribution in [0.3, 0.4) is 0 Å². The van der Waals surface area contributed by atoms with Gasteiger partial charge in [0, 0.05) is 18.7 Å². The van der Waals surface area contributed by atoms with Gasteiger partial charge in [0.1, 0.15) is 5.82 Å². The number of carbonyl (C=O) groups is 2. The molecule has 1 aliphatic heterocycles. The van der Waals surface area contributed by atoms with E-state index in [0.717, 1.165) is 0 Å². The van der Waals surface area contributed by atoms with Gasteiger partial charge in [-0.2, -0.15) is 4.98 Å². The zero-order valence-electron chi connectivity index (χ0n) is 17.2. The molecular formula is C19H25N7O5. The second kappa shape index (κ2) is 9.89. The molecule has 6 N–H and O–H groups in total. The van der Waals surface area contributed by atoms with Gasteiger partial charge < -0.3 is 36.3 Å². The van der Waals surface area contributed by atoms with E-state index in [2.05, 4.69) is 31.1 Å². The molecule has 2 aromatic rings. The number of pyridine rings is 1. The Hall–Kier alpha value is -3.67. The largest absolute Gasteiger partial charge is 0.475 e. The van der Waals surface area contributed by atoms with Gasteiger partial charge in [-0.05, 0) is 26.3 Å². The Balaban J connectivity index is 1.82.